The number of nitrogens with zero attached hydrogens (tertiary/aromatic N) is 4. The summed E-state index contributed by atoms with van der Waals surface area (Å²) in [5, 5.41) is 8.38. The van der Waals surface area contributed by atoms with Gasteiger partial charge in [-0.25, -0.2) is 0 Å². The Morgan fingerprint density at radius 1 is 1.39 bits per heavy atom. The van der Waals surface area contributed by atoms with Crippen molar-refractivity contribution in [3.05, 3.63) is 11.6 Å². The van der Waals surface area contributed by atoms with Crippen LogP contribution in [0, 0.1) is 0 Å². The molecular weight excluding hydrogens is 296 g/mol. The molecule has 7 nitrogen and oxygen atoms in total. The van der Waals surface area contributed by atoms with Crippen molar-refractivity contribution in [2.45, 2.75) is 64.8 Å². The van der Waals surface area contributed by atoms with E-state index in [1.165, 1.54) is 6.42 Å². The number of rotatable bonds is 5. The number of carbonyl (C=O) groups is 1. The number of fused-ring (bicyclic) bond motifs is 1. The van der Waals surface area contributed by atoms with Crippen LogP contribution in [0.25, 0.3) is 0 Å². The Hall–Kier alpha value is -1.47. The lowest BCUT2D eigenvalue weighted by molar-refractivity contribution is -0.147. The summed E-state index contributed by atoms with van der Waals surface area (Å²) in [6.07, 6.45) is 3.88. The molecule has 2 aliphatic heterocycles. The van der Waals surface area contributed by atoms with Crippen LogP contribution in [0.1, 0.15) is 44.8 Å². The van der Waals surface area contributed by atoms with Crippen molar-refractivity contribution in [2.24, 2.45) is 0 Å². The van der Waals surface area contributed by atoms with E-state index >= 15 is 0 Å². The number of amides is 1. The highest BCUT2D eigenvalue weighted by Crippen LogP contribution is 2.16. The van der Waals surface area contributed by atoms with Gasteiger partial charge in [0.05, 0.1) is 19.3 Å². The summed E-state index contributed by atoms with van der Waals surface area (Å²) in [4.78, 5) is 14.4. The van der Waals surface area contributed by atoms with Crippen LogP contribution in [0.4, 0.5) is 0 Å². The lowest BCUT2D eigenvalue weighted by Crippen LogP contribution is -2.44. The summed E-state index contributed by atoms with van der Waals surface area (Å²) in [7, 11) is 0. The summed E-state index contributed by atoms with van der Waals surface area (Å²) in [6, 6.07) is 0. The molecule has 1 aromatic heterocycles. The van der Waals surface area contributed by atoms with Crippen molar-refractivity contribution in [3.8, 4) is 0 Å². The van der Waals surface area contributed by atoms with Gasteiger partial charge >= 0.3 is 0 Å². The zero-order valence-electron chi connectivity index (χ0n) is 14.0. The van der Waals surface area contributed by atoms with Crippen molar-refractivity contribution < 1.29 is 14.3 Å². The minimum Gasteiger partial charge on any atom is -0.376 e. The van der Waals surface area contributed by atoms with Crippen molar-refractivity contribution >= 4 is 5.91 Å². The Kier molecular flexibility index (Phi) is 5.27. The third-order valence-corrected chi connectivity index (χ3v) is 4.61. The van der Waals surface area contributed by atoms with E-state index in [2.05, 4.69) is 21.7 Å². The van der Waals surface area contributed by atoms with Gasteiger partial charge in [-0.15, -0.1) is 10.2 Å². The van der Waals surface area contributed by atoms with Crippen LogP contribution in [0.15, 0.2) is 0 Å². The van der Waals surface area contributed by atoms with Crippen LogP contribution in [0.3, 0.4) is 0 Å². The molecule has 1 aromatic rings. The molecule has 7 heteroatoms. The maximum Gasteiger partial charge on any atom is 0.251 e. The second kappa shape index (κ2) is 7.40. The minimum absolute atomic E-state index is 0.0214. The lowest BCUT2D eigenvalue weighted by Gasteiger charge is -2.30. The van der Waals surface area contributed by atoms with Gasteiger partial charge < -0.3 is 18.9 Å². The standard InChI is InChI=1S/C16H26N4O3/c1-3-14-17-18-15-10-19(7-8-20(14)15)16(21)12(2)23-11-13-6-4-5-9-22-13/h12-13H,3-11H2,1-2H3/t12-,13-/m1/s1. The first-order valence-electron chi connectivity index (χ1n) is 8.62. The van der Waals surface area contributed by atoms with Gasteiger partial charge in [-0.2, -0.15) is 0 Å². The first-order chi connectivity index (χ1) is 11.2. The first kappa shape index (κ1) is 16.4. The quantitative estimate of drug-likeness (QED) is 0.813. The van der Waals surface area contributed by atoms with E-state index in [0.717, 1.165) is 44.1 Å². The van der Waals surface area contributed by atoms with E-state index in [4.69, 9.17) is 9.47 Å². The second-order valence-electron chi connectivity index (χ2n) is 6.26. The zero-order chi connectivity index (χ0) is 16.2. The molecule has 0 aromatic carbocycles. The molecule has 128 valence electrons. The molecule has 2 atom stereocenters. The van der Waals surface area contributed by atoms with Gasteiger partial charge in [0.25, 0.3) is 5.91 Å². The van der Waals surface area contributed by atoms with Crippen molar-refractivity contribution in [1.82, 2.24) is 19.7 Å². The molecule has 0 radical (unpaired) electrons. The molecule has 0 bridgehead atoms. The summed E-state index contributed by atoms with van der Waals surface area (Å²) in [5.41, 5.74) is 0. The lowest BCUT2D eigenvalue weighted by atomic mass is 10.1. The van der Waals surface area contributed by atoms with E-state index in [9.17, 15) is 4.79 Å². The molecule has 2 aliphatic rings. The van der Waals surface area contributed by atoms with Gasteiger partial charge in [0.1, 0.15) is 11.9 Å². The Balaban J connectivity index is 1.51. The van der Waals surface area contributed by atoms with E-state index < -0.39 is 6.10 Å². The van der Waals surface area contributed by atoms with E-state index in [0.29, 0.717) is 19.7 Å². The highest BCUT2D eigenvalue weighted by molar-refractivity contribution is 5.80. The Labute approximate surface area is 137 Å². The molecule has 0 saturated carbocycles. The highest BCUT2D eigenvalue weighted by Gasteiger charge is 2.28. The normalized spacial score (nSPS) is 22.7. The molecule has 3 heterocycles. The van der Waals surface area contributed by atoms with Crippen molar-refractivity contribution in [1.29, 1.82) is 0 Å². The Morgan fingerprint density at radius 3 is 3.00 bits per heavy atom. The predicted octanol–water partition coefficient (Wildman–Crippen LogP) is 1.16. The second-order valence-corrected chi connectivity index (χ2v) is 6.26. The number of carbonyl (C=O) groups excluding carboxylic acids is 1. The molecule has 1 fully saturated rings. The molecule has 1 saturated heterocycles. The monoisotopic (exact) mass is 322 g/mol. The highest BCUT2D eigenvalue weighted by atomic mass is 16.5. The first-order valence-corrected chi connectivity index (χ1v) is 8.62. The number of hydrogen-bond donors (Lipinski definition) is 0. The van der Waals surface area contributed by atoms with Gasteiger partial charge in [0.2, 0.25) is 0 Å². The molecular formula is C16H26N4O3. The maximum absolute atomic E-state index is 12.6. The van der Waals surface area contributed by atoms with Gasteiger partial charge in [0.15, 0.2) is 5.82 Å². The van der Waals surface area contributed by atoms with Gasteiger partial charge in [-0.1, -0.05) is 6.92 Å². The smallest absolute Gasteiger partial charge is 0.251 e. The molecule has 0 spiro atoms. The van der Waals surface area contributed by atoms with Crippen molar-refractivity contribution in [3.63, 3.8) is 0 Å². The fraction of sp³-hybridized carbons (Fsp3) is 0.812. The van der Waals surface area contributed by atoms with Gasteiger partial charge in [0, 0.05) is 26.1 Å². The summed E-state index contributed by atoms with van der Waals surface area (Å²) in [5.74, 6) is 1.88. The van der Waals surface area contributed by atoms with Crippen LogP contribution in [-0.4, -0.2) is 57.5 Å². The number of aromatic nitrogens is 3. The molecule has 1 amide bonds. The third-order valence-electron chi connectivity index (χ3n) is 4.61. The molecule has 3 rings (SSSR count). The molecule has 0 aliphatic carbocycles. The molecule has 0 N–H and O–H groups in total. The zero-order valence-corrected chi connectivity index (χ0v) is 14.0. The largest absolute Gasteiger partial charge is 0.376 e. The Bertz CT molecular complexity index is 539. The Morgan fingerprint density at radius 2 is 2.26 bits per heavy atom. The van der Waals surface area contributed by atoms with E-state index in [1.54, 1.807) is 0 Å². The number of aryl methyl sites for hydroxylation is 1. The van der Waals surface area contributed by atoms with Gasteiger partial charge in [-0.3, -0.25) is 4.79 Å². The van der Waals surface area contributed by atoms with E-state index in [1.807, 2.05) is 11.8 Å². The average Bonchev–Trinajstić information content (AvgIpc) is 3.02. The maximum atomic E-state index is 12.6. The van der Waals surface area contributed by atoms with Crippen LogP contribution in [0.5, 0.6) is 0 Å². The van der Waals surface area contributed by atoms with Crippen LogP contribution in [0.2, 0.25) is 0 Å². The summed E-state index contributed by atoms with van der Waals surface area (Å²) >= 11 is 0. The third kappa shape index (κ3) is 3.72. The summed E-state index contributed by atoms with van der Waals surface area (Å²) < 4.78 is 13.5. The van der Waals surface area contributed by atoms with Crippen LogP contribution >= 0.6 is 0 Å². The number of ether oxygens (including phenoxy) is 2. The van der Waals surface area contributed by atoms with Crippen molar-refractivity contribution in [2.75, 3.05) is 19.8 Å². The SMILES string of the molecule is CCc1nnc2n1CCN(C(=O)[C@@H](C)OC[C@H]1CCCCO1)C2. The fourth-order valence-corrected chi connectivity index (χ4v) is 3.19. The topological polar surface area (TPSA) is 69.5 Å². The fourth-order valence-electron chi connectivity index (χ4n) is 3.19. The van der Waals surface area contributed by atoms with Crippen LogP contribution < -0.4 is 0 Å². The predicted molar refractivity (Wildman–Crippen MR) is 83.8 cm³/mol. The van der Waals surface area contributed by atoms with Crippen LogP contribution in [-0.2, 0) is 33.8 Å². The van der Waals surface area contributed by atoms with Gasteiger partial charge in [-0.05, 0) is 26.2 Å². The average molecular weight is 322 g/mol. The van der Waals surface area contributed by atoms with E-state index in [-0.39, 0.29) is 12.0 Å². The molecule has 0 unspecified atom stereocenters. The number of hydrogen-bond acceptors (Lipinski definition) is 5. The molecule has 23 heavy (non-hydrogen) atoms. The summed E-state index contributed by atoms with van der Waals surface area (Å²) in [6.45, 7) is 7.15. The minimum atomic E-state index is -0.444.